The third-order valence-electron chi connectivity index (χ3n) is 3.16. The zero-order valence-corrected chi connectivity index (χ0v) is 13.7. The highest BCUT2D eigenvalue weighted by Gasteiger charge is 2.15. The Balaban J connectivity index is 1.94. The molecule has 0 amide bonds. The van der Waals surface area contributed by atoms with Crippen LogP contribution < -0.4 is 14.2 Å². The molecular weight excluding hydrogens is 321 g/mol. The number of benzene rings is 2. The predicted molar refractivity (Wildman–Crippen MR) is 84.8 cm³/mol. The van der Waals surface area contributed by atoms with Gasteiger partial charge in [0.05, 0.1) is 12.0 Å². The number of hydrogen-bond donors (Lipinski definition) is 1. The standard InChI is InChI=1S/C16H18FNO4S/c1-12-11-13(7-8-15(12)21-2)23(19,20)18-9-10-22-16-6-4-3-5-14(16)17/h3-8,11,18H,9-10H2,1-2H3. The van der Waals surface area contributed by atoms with E-state index in [4.69, 9.17) is 9.47 Å². The van der Waals surface area contributed by atoms with Crippen LogP contribution in [-0.2, 0) is 10.0 Å². The van der Waals surface area contributed by atoms with E-state index in [1.807, 2.05) is 0 Å². The Morgan fingerprint density at radius 1 is 1.13 bits per heavy atom. The quantitative estimate of drug-likeness (QED) is 0.787. The van der Waals surface area contributed by atoms with Gasteiger partial charge < -0.3 is 9.47 Å². The van der Waals surface area contributed by atoms with Crippen molar-refractivity contribution in [3.63, 3.8) is 0 Å². The summed E-state index contributed by atoms with van der Waals surface area (Å²) in [5, 5.41) is 0. The van der Waals surface area contributed by atoms with E-state index in [9.17, 15) is 12.8 Å². The van der Waals surface area contributed by atoms with Crippen molar-refractivity contribution in [3.8, 4) is 11.5 Å². The van der Waals surface area contributed by atoms with Crippen LogP contribution in [0, 0.1) is 12.7 Å². The molecule has 0 atom stereocenters. The molecule has 0 heterocycles. The molecule has 2 aromatic rings. The van der Waals surface area contributed by atoms with Gasteiger partial charge in [0.2, 0.25) is 10.0 Å². The highest BCUT2D eigenvalue weighted by molar-refractivity contribution is 7.89. The van der Waals surface area contributed by atoms with Crippen LogP contribution in [-0.4, -0.2) is 28.7 Å². The number of para-hydroxylation sites is 1. The zero-order chi connectivity index (χ0) is 16.9. The lowest BCUT2D eigenvalue weighted by Gasteiger charge is -2.10. The van der Waals surface area contributed by atoms with Crippen molar-refractivity contribution >= 4 is 10.0 Å². The fraction of sp³-hybridized carbons (Fsp3) is 0.250. The summed E-state index contributed by atoms with van der Waals surface area (Å²) < 4.78 is 50.4. The van der Waals surface area contributed by atoms with E-state index in [0.29, 0.717) is 5.75 Å². The summed E-state index contributed by atoms with van der Waals surface area (Å²) in [7, 11) is -2.13. The number of methoxy groups -OCH3 is 1. The summed E-state index contributed by atoms with van der Waals surface area (Å²) in [5.74, 6) is 0.222. The molecular formula is C16H18FNO4S. The Morgan fingerprint density at radius 3 is 2.52 bits per heavy atom. The lowest BCUT2D eigenvalue weighted by atomic mass is 10.2. The van der Waals surface area contributed by atoms with Crippen molar-refractivity contribution in [2.24, 2.45) is 0 Å². The number of rotatable bonds is 7. The van der Waals surface area contributed by atoms with Crippen molar-refractivity contribution in [3.05, 3.63) is 53.8 Å². The maximum absolute atomic E-state index is 13.4. The molecule has 124 valence electrons. The molecule has 0 bridgehead atoms. The van der Waals surface area contributed by atoms with E-state index in [1.165, 1.54) is 31.4 Å². The monoisotopic (exact) mass is 339 g/mol. The molecule has 5 nitrogen and oxygen atoms in total. The van der Waals surface area contributed by atoms with Crippen LogP contribution in [0.15, 0.2) is 47.4 Å². The first-order chi connectivity index (χ1) is 10.9. The number of nitrogens with one attached hydrogen (secondary N) is 1. The highest BCUT2D eigenvalue weighted by atomic mass is 32.2. The van der Waals surface area contributed by atoms with Crippen LogP contribution in [0.5, 0.6) is 11.5 Å². The van der Waals surface area contributed by atoms with Crippen LogP contribution >= 0.6 is 0 Å². The Hall–Kier alpha value is -2.12. The minimum atomic E-state index is -3.65. The average Bonchev–Trinajstić information content (AvgIpc) is 2.53. The highest BCUT2D eigenvalue weighted by Crippen LogP contribution is 2.21. The summed E-state index contributed by atoms with van der Waals surface area (Å²) in [4.78, 5) is 0.140. The van der Waals surface area contributed by atoms with E-state index in [-0.39, 0.29) is 23.8 Å². The molecule has 0 aliphatic carbocycles. The van der Waals surface area contributed by atoms with Gasteiger partial charge in [-0.25, -0.2) is 17.5 Å². The van der Waals surface area contributed by atoms with Crippen molar-refractivity contribution in [2.75, 3.05) is 20.3 Å². The molecule has 0 unspecified atom stereocenters. The fourth-order valence-corrected chi connectivity index (χ4v) is 3.10. The Labute approximate surface area is 135 Å². The lowest BCUT2D eigenvalue weighted by molar-refractivity contribution is 0.306. The predicted octanol–water partition coefficient (Wildman–Crippen LogP) is 2.50. The van der Waals surface area contributed by atoms with Crippen molar-refractivity contribution in [2.45, 2.75) is 11.8 Å². The second-order valence-electron chi connectivity index (χ2n) is 4.81. The average molecular weight is 339 g/mol. The summed E-state index contributed by atoms with van der Waals surface area (Å²) in [6.07, 6.45) is 0. The van der Waals surface area contributed by atoms with Crippen molar-refractivity contribution < 1.29 is 22.3 Å². The summed E-state index contributed by atoms with van der Waals surface area (Å²) >= 11 is 0. The molecule has 0 aliphatic heterocycles. The van der Waals surface area contributed by atoms with Crippen LogP contribution in [0.4, 0.5) is 4.39 Å². The Morgan fingerprint density at radius 2 is 1.87 bits per heavy atom. The van der Waals surface area contributed by atoms with Crippen molar-refractivity contribution in [1.82, 2.24) is 4.72 Å². The molecule has 2 aromatic carbocycles. The van der Waals surface area contributed by atoms with Crippen molar-refractivity contribution in [1.29, 1.82) is 0 Å². The Bertz CT molecular complexity index is 777. The van der Waals surface area contributed by atoms with Gasteiger partial charge in [-0.1, -0.05) is 12.1 Å². The minimum absolute atomic E-state index is 0.0231. The molecule has 0 aromatic heterocycles. The maximum Gasteiger partial charge on any atom is 0.240 e. The molecule has 0 saturated carbocycles. The topological polar surface area (TPSA) is 64.6 Å². The second-order valence-corrected chi connectivity index (χ2v) is 6.58. The smallest absolute Gasteiger partial charge is 0.240 e. The summed E-state index contributed by atoms with van der Waals surface area (Å²) in [6.45, 7) is 1.82. The van der Waals surface area contributed by atoms with Gasteiger partial charge >= 0.3 is 0 Å². The summed E-state index contributed by atoms with van der Waals surface area (Å²) in [6, 6.07) is 10.5. The van der Waals surface area contributed by atoms with E-state index in [2.05, 4.69) is 4.72 Å². The van der Waals surface area contributed by atoms with E-state index < -0.39 is 15.8 Å². The van der Waals surface area contributed by atoms with Crippen LogP contribution in [0.3, 0.4) is 0 Å². The van der Waals surface area contributed by atoms with Gasteiger partial charge in [-0.05, 0) is 42.8 Å². The molecule has 2 rings (SSSR count). The summed E-state index contributed by atoms with van der Waals surface area (Å²) in [5.41, 5.74) is 0.720. The molecule has 0 fully saturated rings. The van der Waals surface area contributed by atoms with Gasteiger partial charge in [-0.3, -0.25) is 0 Å². The Kier molecular flexibility index (Phi) is 5.57. The molecule has 0 saturated heterocycles. The molecule has 0 aliphatic rings. The largest absolute Gasteiger partial charge is 0.496 e. The van der Waals surface area contributed by atoms with Gasteiger partial charge in [0.1, 0.15) is 12.4 Å². The molecule has 0 spiro atoms. The van der Waals surface area contributed by atoms with Crippen LogP contribution in [0.25, 0.3) is 0 Å². The second kappa shape index (κ2) is 7.43. The number of aryl methyl sites for hydroxylation is 1. The van der Waals surface area contributed by atoms with Gasteiger partial charge in [0.15, 0.2) is 11.6 Å². The normalized spacial score (nSPS) is 11.3. The molecule has 0 radical (unpaired) electrons. The molecule has 23 heavy (non-hydrogen) atoms. The third-order valence-corrected chi connectivity index (χ3v) is 4.62. The van der Waals surface area contributed by atoms with E-state index in [1.54, 1.807) is 25.1 Å². The van der Waals surface area contributed by atoms with Gasteiger partial charge in [-0.15, -0.1) is 0 Å². The third kappa shape index (κ3) is 4.43. The SMILES string of the molecule is COc1ccc(S(=O)(=O)NCCOc2ccccc2F)cc1C. The fourth-order valence-electron chi connectivity index (χ4n) is 2.00. The van der Waals surface area contributed by atoms with Gasteiger partial charge in [0.25, 0.3) is 0 Å². The van der Waals surface area contributed by atoms with E-state index >= 15 is 0 Å². The number of ether oxygens (including phenoxy) is 2. The lowest BCUT2D eigenvalue weighted by Crippen LogP contribution is -2.28. The first-order valence-electron chi connectivity index (χ1n) is 6.95. The first kappa shape index (κ1) is 17.2. The number of hydrogen-bond acceptors (Lipinski definition) is 4. The number of halogens is 1. The maximum atomic E-state index is 13.4. The zero-order valence-electron chi connectivity index (χ0n) is 12.9. The van der Waals surface area contributed by atoms with E-state index in [0.717, 1.165) is 5.56 Å². The van der Waals surface area contributed by atoms with Gasteiger partial charge in [0, 0.05) is 6.54 Å². The minimum Gasteiger partial charge on any atom is -0.496 e. The first-order valence-corrected chi connectivity index (χ1v) is 8.44. The van der Waals surface area contributed by atoms with Gasteiger partial charge in [-0.2, -0.15) is 0 Å². The number of sulfonamides is 1. The molecule has 1 N–H and O–H groups in total. The molecule has 7 heteroatoms. The van der Waals surface area contributed by atoms with Crippen LogP contribution in [0.1, 0.15) is 5.56 Å². The van der Waals surface area contributed by atoms with Crippen LogP contribution in [0.2, 0.25) is 0 Å².